The van der Waals surface area contributed by atoms with Crippen LogP contribution in [0.5, 0.6) is 0 Å². The SMILES string of the molecule is CC(C)(C)C1C=CCCC1.CC(C)(C)C1C=CCCC1. The van der Waals surface area contributed by atoms with E-state index in [-0.39, 0.29) is 0 Å². The lowest BCUT2D eigenvalue weighted by molar-refractivity contribution is 0.267. The van der Waals surface area contributed by atoms with Crippen molar-refractivity contribution in [2.75, 3.05) is 0 Å². The third-order valence-corrected chi connectivity index (χ3v) is 4.73. The largest absolute Gasteiger partial charge is 0.0882 e. The second-order valence-corrected chi connectivity index (χ2v) is 8.66. The van der Waals surface area contributed by atoms with Gasteiger partial charge in [-0.05, 0) is 61.2 Å². The summed E-state index contributed by atoms with van der Waals surface area (Å²) in [6.45, 7) is 14.0. The molecule has 0 saturated heterocycles. The topological polar surface area (TPSA) is 0 Å². The molecule has 2 rings (SSSR count). The van der Waals surface area contributed by atoms with E-state index in [1.807, 2.05) is 0 Å². The summed E-state index contributed by atoms with van der Waals surface area (Å²) in [6, 6.07) is 0. The van der Waals surface area contributed by atoms with Crippen molar-refractivity contribution >= 4 is 0 Å². The molecule has 0 bridgehead atoms. The van der Waals surface area contributed by atoms with E-state index in [1.165, 1.54) is 38.5 Å². The normalized spacial score (nSPS) is 26.9. The van der Waals surface area contributed by atoms with Gasteiger partial charge in [-0.3, -0.25) is 0 Å². The molecule has 2 unspecified atom stereocenters. The number of allylic oxidation sites excluding steroid dienone is 4. The molecule has 2 aliphatic rings. The average molecular weight is 277 g/mol. The van der Waals surface area contributed by atoms with Gasteiger partial charge >= 0.3 is 0 Å². The summed E-state index contributed by atoms with van der Waals surface area (Å²) in [5.41, 5.74) is 0.966. The smallest absolute Gasteiger partial charge is 0.0185 e. The molecule has 0 spiro atoms. The van der Waals surface area contributed by atoms with Gasteiger partial charge in [0.15, 0.2) is 0 Å². The Bertz CT molecular complexity index is 285. The number of hydrogen-bond donors (Lipinski definition) is 0. The fraction of sp³-hybridized carbons (Fsp3) is 0.800. The Hall–Kier alpha value is -0.520. The minimum atomic E-state index is 0.483. The van der Waals surface area contributed by atoms with Crippen LogP contribution in [-0.4, -0.2) is 0 Å². The second-order valence-electron chi connectivity index (χ2n) is 8.66. The molecule has 0 aromatic rings. The third kappa shape index (κ3) is 6.29. The summed E-state index contributed by atoms with van der Waals surface area (Å²) >= 11 is 0. The minimum Gasteiger partial charge on any atom is -0.0882 e. The van der Waals surface area contributed by atoms with Crippen LogP contribution >= 0.6 is 0 Å². The zero-order valence-electron chi connectivity index (χ0n) is 14.7. The number of hydrogen-bond acceptors (Lipinski definition) is 0. The molecule has 0 nitrogen and oxygen atoms in total. The molecule has 0 N–H and O–H groups in total. The average Bonchev–Trinajstić information content (AvgIpc) is 2.40. The molecule has 0 saturated carbocycles. The Morgan fingerprint density at radius 1 is 0.650 bits per heavy atom. The molecule has 0 heterocycles. The Kier molecular flexibility index (Phi) is 6.55. The second kappa shape index (κ2) is 7.48. The summed E-state index contributed by atoms with van der Waals surface area (Å²) in [7, 11) is 0. The van der Waals surface area contributed by atoms with Gasteiger partial charge in [-0.2, -0.15) is 0 Å². The van der Waals surface area contributed by atoms with Gasteiger partial charge in [0.25, 0.3) is 0 Å². The quantitative estimate of drug-likeness (QED) is 0.428. The van der Waals surface area contributed by atoms with Crippen molar-refractivity contribution in [2.45, 2.75) is 80.1 Å². The van der Waals surface area contributed by atoms with E-state index in [9.17, 15) is 0 Å². The van der Waals surface area contributed by atoms with Crippen LogP contribution in [0.2, 0.25) is 0 Å². The van der Waals surface area contributed by atoms with Crippen LogP contribution in [0.3, 0.4) is 0 Å². The molecular weight excluding hydrogens is 240 g/mol. The molecule has 0 radical (unpaired) electrons. The van der Waals surface area contributed by atoms with Crippen LogP contribution < -0.4 is 0 Å². The molecular formula is C20H36. The molecule has 2 atom stereocenters. The van der Waals surface area contributed by atoms with Crippen molar-refractivity contribution in [3.63, 3.8) is 0 Å². The highest BCUT2D eigenvalue weighted by Gasteiger charge is 2.23. The van der Waals surface area contributed by atoms with Gasteiger partial charge in [-0.15, -0.1) is 0 Å². The maximum Gasteiger partial charge on any atom is -0.0185 e. The molecule has 0 aromatic carbocycles. The molecule has 0 aromatic heterocycles. The van der Waals surface area contributed by atoms with Gasteiger partial charge in [-0.25, -0.2) is 0 Å². The molecule has 2 aliphatic carbocycles. The molecule has 0 heteroatoms. The van der Waals surface area contributed by atoms with Gasteiger partial charge in [0.2, 0.25) is 0 Å². The van der Waals surface area contributed by atoms with Crippen LogP contribution in [0.25, 0.3) is 0 Å². The minimum absolute atomic E-state index is 0.483. The van der Waals surface area contributed by atoms with Crippen molar-refractivity contribution in [3.8, 4) is 0 Å². The maximum atomic E-state index is 2.39. The van der Waals surface area contributed by atoms with Crippen LogP contribution in [0, 0.1) is 22.7 Å². The summed E-state index contributed by atoms with van der Waals surface area (Å²) in [5, 5.41) is 0. The van der Waals surface area contributed by atoms with Crippen LogP contribution in [0.15, 0.2) is 24.3 Å². The molecule has 20 heavy (non-hydrogen) atoms. The Balaban J connectivity index is 0.000000200. The highest BCUT2D eigenvalue weighted by atomic mass is 14.3. The summed E-state index contributed by atoms with van der Waals surface area (Å²) in [5.74, 6) is 1.64. The van der Waals surface area contributed by atoms with E-state index >= 15 is 0 Å². The van der Waals surface area contributed by atoms with Gasteiger partial charge in [0, 0.05) is 0 Å². The first kappa shape index (κ1) is 17.5. The molecule has 0 aliphatic heterocycles. The van der Waals surface area contributed by atoms with Crippen LogP contribution in [0.4, 0.5) is 0 Å². The fourth-order valence-corrected chi connectivity index (χ4v) is 3.07. The third-order valence-electron chi connectivity index (χ3n) is 4.73. The number of rotatable bonds is 0. The van der Waals surface area contributed by atoms with E-state index in [2.05, 4.69) is 65.8 Å². The van der Waals surface area contributed by atoms with Gasteiger partial charge in [0.05, 0.1) is 0 Å². The zero-order valence-corrected chi connectivity index (χ0v) is 14.7. The first-order chi connectivity index (χ1) is 9.21. The van der Waals surface area contributed by atoms with E-state index in [4.69, 9.17) is 0 Å². The Morgan fingerprint density at radius 2 is 1.00 bits per heavy atom. The highest BCUT2D eigenvalue weighted by molar-refractivity contribution is 4.98. The van der Waals surface area contributed by atoms with E-state index in [0.29, 0.717) is 10.8 Å². The van der Waals surface area contributed by atoms with Crippen molar-refractivity contribution in [3.05, 3.63) is 24.3 Å². The molecule has 0 amide bonds. The monoisotopic (exact) mass is 276 g/mol. The lowest BCUT2D eigenvalue weighted by Gasteiger charge is -2.30. The lowest BCUT2D eigenvalue weighted by atomic mass is 9.76. The van der Waals surface area contributed by atoms with Crippen LogP contribution in [0.1, 0.15) is 80.1 Å². The zero-order chi connectivity index (χ0) is 15.2. The first-order valence-electron chi connectivity index (χ1n) is 8.54. The van der Waals surface area contributed by atoms with Gasteiger partial charge < -0.3 is 0 Å². The summed E-state index contributed by atoms with van der Waals surface area (Å²) < 4.78 is 0. The van der Waals surface area contributed by atoms with Gasteiger partial charge in [-0.1, -0.05) is 65.8 Å². The standard InChI is InChI=1S/2C10H18/c2*1-10(2,3)9-7-5-4-6-8-9/h2*5,7,9H,4,6,8H2,1-3H3. The van der Waals surface area contributed by atoms with Crippen molar-refractivity contribution < 1.29 is 0 Å². The predicted octanol–water partition coefficient (Wildman–Crippen LogP) is 6.78. The Morgan fingerprint density at radius 3 is 1.15 bits per heavy atom. The first-order valence-corrected chi connectivity index (χ1v) is 8.54. The van der Waals surface area contributed by atoms with Crippen molar-refractivity contribution in [1.82, 2.24) is 0 Å². The van der Waals surface area contributed by atoms with Gasteiger partial charge in [0.1, 0.15) is 0 Å². The highest BCUT2D eigenvalue weighted by Crippen LogP contribution is 2.34. The summed E-state index contributed by atoms with van der Waals surface area (Å²) in [4.78, 5) is 0. The van der Waals surface area contributed by atoms with E-state index in [1.54, 1.807) is 0 Å². The lowest BCUT2D eigenvalue weighted by Crippen LogP contribution is -2.19. The maximum absolute atomic E-state index is 2.39. The fourth-order valence-electron chi connectivity index (χ4n) is 3.07. The summed E-state index contributed by atoms with van der Waals surface area (Å²) in [6.07, 6.45) is 17.6. The predicted molar refractivity (Wildman–Crippen MR) is 91.9 cm³/mol. The van der Waals surface area contributed by atoms with Crippen molar-refractivity contribution in [1.29, 1.82) is 0 Å². The van der Waals surface area contributed by atoms with Crippen molar-refractivity contribution in [2.24, 2.45) is 22.7 Å². The molecule has 0 fully saturated rings. The molecule has 116 valence electrons. The van der Waals surface area contributed by atoms with E-state index in [0.717, 1.165) is 11.8 Å². The Labute approximate surface area is 127 Å². The van der Waals surface area contributed by atoms with Crippen LogP contribution in [-0.2, 0) is 0 Å². The van der Waals surface area contributed by atoms with E-state index < -0.39 is 0 Å².